The Bertz CT molecular complexity index is 1070. The molecule has 0 saturated heterocycles. The molecule has 2 aromatic carbocycles. The summed E-state index contributed by atoms with van der Waals surface area (Å²) in [5, 5.41) is 0.561. The fourth-order valence-corrected chi connectivity index (χ4v) is 3.62. The van der Waals surface area contributed by atoms with Gasteiger partial charge in [0.25, 0.3) is 11.5 Å². The van der Waals surface area contributed by atoms with E-state index in [2.05, 4.69) is 15.8 Å². The van der Waals surface area contributed by atoms with Crippen LogP contribution in [-0.2, 0) is 19.4 Å². The minimum Gasteiger partial charge on any atom is -0.277 e. The fraction of sp³-hybridized carbons (Fsp3) is 0.286. The quantitative estimate of drug-likeness (QED) is 0.700. The Balaban J connectivity index is 1.58. The van der Waals surface area contributed by atoms with E-state index in [4.69, 9.17) is 0 Å². The Morgan fingerprint density at radius 3 is 2.70 bits per heavy atom. The second kappa shape index (κ2) is 7.23. The summed E-state index contributed by atoms with van der Waals surface area (Å²) in [6.07, 6.45) is 4.48. The van der Waals surface area contributed by atoms with Crippen molar-refractivity contribution in [2.75, 3.05) is 5.43 Å². The Morgan fingerprint density at radius 2 is 1.89 bits per heavy atom. The first-order chi connectivity index (χ1) is 13.2. The van der Waals surface area contributed by atoms with Gasteiger partial charge in [-0.3, -0.25) is 25.0 Å². The lowest BCUT2D eigenvalue weighted by Gasteiger charge is -2.17. The summed E-state index contributed by atoms with van der Waals surface area (Å²) in [5.74, 6) is 0.0842. The maximum Gasteiger partial charge on any atom is 0.269 e. The van der Waals surface area contributed by atoms with E-state index in [1.807, 2.05) is 37.3 Å². The van der Waals surface area contributed by atoms with Crippen molar-refractivity contribution in [3.05, 3.63) is 69.5 Å². The molecule has 2 N–H and O–H groups in total. The van der Waals surface area contributed by atoms with Crippen molar-refractivity contribution in [3.8, 4) is 0 Å². The number of nitrogens with zero attached hydrogens (tertiary/aromatic N) is 2. The van der Waals surface area contributed by atoms with Crippen LogP contribution in [0.5, 0.6) is 0 Å². The zero-order chi connectivity index (χ0) is 18.8. The molecule has 3 aromatic rings. The molecule has 138 valence electrons. The highest BCUT2D eigenvalue weighted by atomic mass is 16.2. The number of hydrazine groups is 1. The number of aromatic nitrogens is 2. The standard InChI is InChI=1S/C21H22N4O2/c1-2-25-20(27)17-9-5-6-10-18(17)22-21(25)24-23-19(26)16-12-11-14-7-3-4-8-15(14)13-16/h5-6,9-13H,2-4,7-8H2,1H3,(H,22,24)(H,23,26). The lowest BCUT2D eigenvalue weighted by atomic mass is 9.90. The van der Waals surface area contributed by atoms with Crippen LogP contribution in [-0.4, -0.2) is 15.5 Å². The van der Waals surface area contributed by atoms with Gasteiger partial charge in [-0.25, -0.2) is 4.98 Å². The number of benzene rings is 2. The van der Waals surface area contributed by atoms with Gasteiger partial charge in [0.05, 0.1) is 10.9 Å². The van der Waals surface area contributed by atoms with E-state index in [0.717, 1.165) is 12.8 Å². The molecule has 4 rings (SSSR count). The predicted octanol–water partition coefficient (Wildman–Crippen LogP) is 3.05. The van der Waals surface area contributed by atoms with Gasteiger partial charge in [0.15, 0.2) is 0 Å². The molecule has 6 heteroatoms. The second-order valence-corrected chi connectivity index (χ2v) is 6.77. The monoisotopic (exact) mass is 362 g/mol. The zero-order valence-corrected chi connectivity index (χ0v) is 15.3. The number of rotatable bonds is 4. The average molecular weight is 362 g/mol. The highest BCUT2D eigenvalue weighted by Crippen LogP contribution is 2.22. The largest absolute Gasteiger partial charge is 0.277 e. The molecule has 0 bridgehead atoms. The smallest absolute Gasteiger partial charge is 0.269 e. The molecule has 0 unspecified atom stereocenters. The van der Waals surface area contributed by atoms with Crippen LogP contribution in [0.25, 0.3) is 10.9 Å². The molecule has 1 aliphatic rings. The normalized spacial score (nSPS) is 13.2. The number of hydrogen-bond donors (Lipinski definition) is 2. The maximum absolute atomic E-state index is 12.6. The number of para-hydroxylation sites is 1. The van der Waals surface area contributed by atoms with Crippen molar-refractivity contribution in [2.45, 2.75) is 39.2 Å². The summed E-state index contributed by atoms with van der Waals surface area (Å²) >= 11 is 0. The summed E-state index contributed by atoms with van der Waals surface area (Å²) in [6.45, 7) is 2.32. The van der Waals surface area contributed by atoms with E-state index >= 15 is 0 Å². The molecular weight excluding hydrogens is 340 g/mol. The van der Waals surface area contributed by atoms with Crippen molar-refractivity contribution in [2.24, 2.45) is 0 Å². The molecule has 0 saturated carbocycles. The van der Waals surface area contributed by atoms with E-state index < -0.39 is 0 Å². The second-order valence-electron chi connectivity index (χ2n) is 6.77. The SMILES string of the molecule is CCn1c(NNC(=O)c2ccc3c(c2)CCCC3)nc2ccccc2c1=O. The van der Waals surface area contributed by atoms with Gasteiger partial charge in [-0.2, -0.15) is 0 Å². The van der Waals surface area contributed by atoms with Gasteiger partial charge in [-0.15, -0.1) is 0 Å². The Morgan fingerprint density at radius 1 is 1.11 bits per heavy atom. The summed E-state index contributed by atoms with van der Waals surface area (Å²) in [4.78, 5) is 29.7. The van der Waals surface area contributed by atoms with E-state index in [1.54, 1.807) is 12.1 Å². The van der Waals surface area contributed by atoms with Crippen LogP contribution in [0.15, 0.2) is 47.3 Å². The van der Waals surface area contributed by atoms with Crippen molar-refractivity contribution < 1.29 is 4.79 Å². The van der Waals surface area contributed by atoms with E-state index in [9.17, 15) is 9.59 Å². The van der Waals surface area contributed by atoms with E-state index in [-0.39, 0.29) is 11.5 Å². The summed E-state index contributed by atoms with van der Waals surface area (Å²) in [6, 6.07) is 13.0. The first-order valence-corrected chi connectivity index (χ1v) is 9.35. The molecule has 6 nitrogen and oxygen atoms in total. The van der Waals surface area contributed by atoms with Crippen molar-refractivity contribution in [1.29, 1.82) is 0 Å². The predicted molar refractivity (Wildman–Crippen MR) is 106 cm³/mol. The van der Waals surface area contributed by atoms with Crippen LogP contribution in [0.3, 0.4) is 0 Å². The van der Waals surface area contributed by atoms with Gasteiger partial charge in [0.1, 0.15) is 0 Å². The summed E-state index contributed by atoms with van der Waals surface area (Å²) in [5.41, 5.74) is 9.16. The average Bonchev–Trinajstić information content (AvgIpc) is 2.71. The van der Waals surface area contributed by atoms with Gasteiger partial charge >= 0.3 is 0 Å². The van der Waals surface area contributed by atoms with Gasteiger partial charge in [0.2, 0.25) is 5.95 Å². The molecule has 0 spiro atoms. The molecule has 1 aliphatic carbocycles. The first-order valence-electron chi connectivity index (χ1n) is 9.35. The summed E-state index contributed by atoms with van der Waals surface area (Å²) in [7, 11) is 0. The molecule has 0 aliphatic heterocycles. The number of aryl methyl sites for hydroxylation is 2. The molecule has 1 aromatic heterocycles. The van der Waals surface area contributed by atoms with Crippen LogP contribution in [0, 0.1) is 0 Å². The van der Waals surface area contributed by atoms with Crippen molar-refractivity contribution in [1.82, 2.24) is 15.0 Å². The Kier molecular flexibility index (Phi) is 4.62. The van der Waals surface area contributed by atoms with E-state index in [0.29, 0.717) is 29.0 Å². The number of amides is 1. The van der Waals surface area contributed by atoms with Gasteiger partial charge in [-0.1, -0.05) is 18.2 Å². The Hall–Kier alpha value is -3.15. The molecule has 1 amide bonds. The highest BCUT2D eigenvalue weighted by molar-refractivity contribution is 5.95. The van der Waals surface area contributed by atoms with Crippen LogP contribution < -0.4 is 16.4 Å². The molecule has 0 radical (unpaired) electrons. The third kappa shape index (κ3) is 3.30. The van der Waals surface area contributed by atoms with Crippen molar-refractivity contribution in [3.63, 3.8) is 0 Å². The van der Waals surface area contributed by atoms with Gasteiger partial charge in [-0.05, 0) is 68.0 Å². The van der Waals surface area contributed by atoms with Crippen LogP contribution in [0.2, 0.25) is 0 Å². The molecule has 0 fully saturated rings. The minimum absolute atomic E-state index is 0.131. The number of carbonyl (C=O) groups is 1. The minimum atomic E-state index is -0.242. The molecule has 1 heterocycles. The van der Waals surface area contributed by atoms with Crippen molar-refractivity contribution >= 4 is 22.8 Å². The number of nitrogens with one attached hydrogen (secondary N) is 2. The van der Waals surface area contributed by atoms with Gasteiger partial charge in [0, 0.05) is 12.1 Å². The maximum atomic E-state index is 12.6. The topological polar surface area (TPSA) is 76.0 Å². The fourth-order valence-electron chi connectivity index (χ4n) is 3.62. The molecule has 27 heavy (non-hydrogen) atoms. The third-order valence-corrected chi connectivity index (χ3v) is 5.08. The molecule has 0 atom stereocenters. The van der Waals surface area contributed by atoms with E-state index in [1.165, 1.54) is 28.5 Å². The Labute approximate surface area is 157 Å². The lowest BCUT2D eigenvalue weighted by Crippen LogP contribution is -2.34. The van der Waals surface area contributed by atoms with Crippen LogP contribution >= 0.6 is 0 Å². The number of fused-ring (bicyclic) bond motifs is 2. The summed E-state index contributed by atoms with van der Waals surface area (Å²) < 4.78 is 1.51. The third-order valence-electron chi connectivity index (χ3n) is 5.08. The first kappa shape index (κ1) is 17.3. The van der Waals surface area contributed by atoms with Gasteiger partial charge < -0.3 is 0 Å². The molecular formula is C21H22N4O2. The zero-order valence-electron chi connectivity index (χ0n) is 15.3. The number of carbonyl (C=O) groups excluding carboxylic acids is 1. The highest BCUT2D eigenvalue weighted by Gasteiger charge is 2.14. The number of anilines is 1. The van der Waals surface area contributed by atoms with Crippen LogP contribution in [0.1, 0.15) is 41.3 Å². The van der Waals surface area contributed by atoms with Crippen LogP contribution in [0.4, 0.5) is 5.95 Å². The number of hydrogen-bond acceptors (Lipinski definition) is 4. The lowest BCUT2D eigenvalue weighted by molar-refractivity contribution is 0.0962.